The Morgan fingerprint density at radius 3 is 2.74 bits per heavy atom. The van der Waals surface area contributed by atoms with E-state index in [1.807, 2.05) is 42.7 Å². The number of hydrogen-bond acceptors (Lipinski definition) is 2. The molecule has 0 unspecified atom stereocenters. The van der Waals surface area contributed by atoms with Crippen molar-refractivity contribution in [1.82, 2.24) is 4.57 Å². The van der Waals surface area contributed by atoms with Gasteiger partial charge in [0.15, 0.2) is 0 Å². The molecule has 0 spiro atoms. The maximum atomic E-state index is 12.8. The standard InChI is InChI=1S/C19H17N3O/c1-3-22-17-10-5-4-9-16(17)13(2)18(22)19(23)21-15-8-6-7-14(11-15)12-20/h4-11H,3H2,1-2H3,(H,21,23). The average molecular weight is 303 g/mol. The Morgan fingerprint density at radius 1 is 1.22 bits per heavy atom. The largest absolute Gasteiger partial charge is 0.337 e. The smallest absolute Gasteiger partial charge is 0.272 e. The summed E-state index contributed by atoms with van der Waals surface area (Å²) < 4.78 is 2.02. The Bertz CT molecular complexity index is 931. The number of hydrogen-bond donors (Lipinski definition) is 1. The third kappa shape index (κ3) is 2.58. The molecule has 4 nitrogen and oxygen atoms in total. The first-order valence-corrected chi connectivity index (χ1v) is 7.55. The average Bonchev–Trinajstić information content (AvgIpc) is 2.87. The number of amides is 1. The van der Waals surface area contributed by atoms with E-state index in [4.69, 9.17) is 5.26 Å². The van der Waals surface area contributed by atoms with Gasteiger partial charge in [-0.25, -0.2) is 0 Å². The van der Waals surface area contributed by atoms with Gasteiger partial charge in [-0.1, -0.05) is 24.3 Å². The Hall–Kier alpha value is -3.06. The van der Waals surface area contributed by atoms with E-state index in [1.54, 1.807) is 24.3 Å². The molecule has 1 N–H and O–H groups in total. The van der Waals surface area contributed by atoms with Crippen LogP contribution in [0.5, 0.6) is 0 Å². The molecule has 1 heterocycles. The SMILES string of the molecule is CCn1c(C(=O)Nc2cccc(C#N)c2)c(C)c2ccccc21. The van der Waals surface area contributed by atoms with E-state index in [0.29, 0.717) is 16.9 Å². The number of carbonyl (C=O) groups is 1. The van der Waals surface area contributed by atoms with Gasteiger partial charge in [0.1, 0.15) is 5.69 Å². The number of fused-ring (bicyclic) bond motifs is 1. The van der Waals surface area contributed by atoms with Crippen LogP contribution in [0.3, 0.4) is 0 Å². The molecule has 0 bridgehead atoms. The normalized spacial score (nSPS) is 10.5. The van der Waals surface area contributed by atoms with Crippen molar-refractivity contribution in [3.63, 3.8) is 0 Å². The zero-order valence-corrected chi connectivity index (χ0v) is 13.1. The summed E-state index contributed by atoms with van der Waals surface area (Å²) in [6.45, 7) is 4.71. The first-order chi connectivity index (χ1) is 11.2. The van der Waals surface area contributed by atoms with Crippen molar-refractivity contribution in [2.75, 3.05) is 5.32 Å². The summed E-state index contributed by atoms with van der Waals surface area (Å²) >= 11 is 0. The minimum atomic E-state index is -0.157. The van der Waals surface area contributed by atoms with Crippen molar-refractivity contribution in [2.24, 2.45) is 0 Å². The van der Waals surface area contributed by atoms with E-state index in [2.05, 4.69) is 11.4 Å². The summed E-state index contributed by atoms with van der Waals surface area (Å²) in [5, 5.41) is 13.0. The second-order valence-corrected chi connectivity index (χ2v) is 5.38. The highest BCUT2D eigenvalue weighted by Crippen LogP contribution is 2.26. The number of rotatable bonds is 3. The summed E-state index contributed by atoms with van der Waals surface area (Å²) in [6.07, 6.45) is 0. The first kappa shape index (κ1) is 14.9. The van der Waals surface area contributed by atoms with Crippen LogP contribution in [0.15, 0.2) is 48.5 Å². The minimum absolute atomic E-state index is 0.157. The van der Waals surface area contributed by atoms with Crippen molar-refractivity contribution in [3.8, 4) is 6.07 Å². The van der Waals surface area contributed by atoms with Crippen LogP contribution < -0.4 is 5.32 Å². The predicted molar refractivity (Wildman–Crippen MR) is 91.5 cm³/mol. The Labute approximate surface area is 135 Å². The maximum Gasteiger partial charge on any atom is 0.272 e. The van der Waals surface area contributed by atoms with Gasteiger partial charge in [-0.15, -0.1) is 0 Å². The third-order valence-corrected chi connectivity index (χ3v) is 4.00. The zero-order chi connectivity index (χ0) is 16.4. The predicted octanol–water partition coefficient (Wildman–Crippen LogP) is 4.09. The molecule has 1 amide bonds. The van der Waals surface area contributed by atoms with Gasteiger partial charge in [0, 0.05) is 23.1 Å². The van der Waals surface area contributed by atoms with Gasteiger partial charge >= 0.3 is 0 Å². The molecule has 1 aromatic heterocycles. The second-order valence-electron chi connectivity index (χ2n) is 5.38. The summed E-state index contributed by atoms with van der Waals surface area (Å²) in [4.78, 5) is 12.8. The minimum Gasteiger partial charge on any atom is -0.337 e. The van der Waals surface area contributed by atoms with Gasteiger partial charge in [-0.2, -0.15) is 5.26 Å². The topological polar surface area (TPSA) is 57.8 Å². The third-order valence-electron chi connectivity index (χ3n) is 4.00. The van der Waals surface area contributed by atoms with Crippen molar-refractivity contribution in [2.45, 2.75) is 20.4 Å². The molecule has 4 heteroatoms. The molecule has 2 aromatic carbocycles. The van der Waals surface area contributed by atoms with Gasteiger partial charge < -0.3 is 9.88 Å². The van der Waals surface area contributed by atoms with Gasteiger partial charge in [-0.05, 0) is 43.7 Å². The molecule has 0 radical (unpaired) electrons. The summed E-state index contributed by atoms with van der Waals surface area (Å²) in [7, 11) is 0. The fraction of sp³-hybridized carbons (Fsp3) is 0.158. The highest BCUT2D eigenvalue weighted by atomic mass is 16.2. The lowest BCUT2D eigenvalue weighted by Gasteiger charge is -2.10. The fourth-order valence-electron chi connectivity index (χ4n) is 2.95. The lowest BCUT2D eigenvalue weighted by atomic mass is 10.1. The number of para-hydroxylation sites is 1. The number of anilines is 1. The van der Waals surface area contributed by atoms with Gasteiger partial charge in [0.25, 0.3) is 5.91 Å². The van der Waals surface area contributed by atoms with E-state index in [0.717, 1.165) is 23.0 Å². The van der Waals surface area contributed by atoms with Crippen LogP contribution in [0, 0.1) is 18.3 Å². The summed E-state index contributed by atoms with van der Waals surface area (Å²) in [6, 6.07) is 17.0. The molecule has 23 heavy (non-hydrogen) atoms. The van der Waals surface area contributed by atoms with Crippen molar-refractivity contribution < 1.29 is 4.79 Å². The van der Waals surface area contributed by atoms with Crippen LogP contribution in [0.2, 0.25) is 0 Å². The monoisotopic (exact) mass is 303 g/mol. The number of nitriles is 1. The van der Waals surface area contributed by atoms with Gasteiger partial charge in [-0.3, -0.25) is 4.79 Å². The van der Waals surface area contributed by atoms with Crippen LogP contribution >= 0.6 is 0 Å². The molecule has 3 aromatic rings. The number of carbonyl (C=O) groups excluding carboxylic acids is 1. The van der Waals surface area contributed by atoms with E-state index < -0.39 is 0 Å². The quantitative estimate of drug-likeness (QED) is 0.792. The Balaban J connectivity index is 2.04. The molecule has 0 aliphatic carbocycles. The maximum absolute atomic E-state index is 12.8. The number of aryl methyl sites for hydroxylation is 2. The molecule has 114 valence electrons. The molecule has 0 fully saturated rings. The molecule has 0 aliphatic rings. The molecular formula is C19H17N3O. The highest BCUT2D eigenvalue weighted by molar-refractivity contribution is 6.08. The van der Waals surface area contributed by atoms with Crippen LogP contribution in [0.1, 0.15) is 28.5 Å². The Morgan fingerprint density at radius 2 is 2.00 bits per heavy atom. The van der Waals surface area contributed by atoms with Crippen molar-refractivity contribution >= 4 is 22.5 Å². The van der Waals surface area contributed by atoms with Crippen molar-refractivity contribution in [1.29, 1.82) is 5.26 Å². The van der Waals surface area contributed by atoms with Crippen LogP contribution in [-0.4, -0.2) is 10.5 Å². The summed E-state index contributed by atoms with van der Waals surface area (Å²) in [5.41, 5.74) is 3.84. The molecule has 0 aliphatic heterocycles. The van der Waals surface area contributed by atoms with Crippen LogP contribution in [0.4, 0.5) is 5.69 Å². The van der Waals surface area contributed by atoms with Crippen LogP contribution in [-0.2, 0) is 6.54 Å². The second kappa shape index (κ2) is 5.98. The van der Waals surface area contributed by atoms with E-state index in [-0.39, 0.29) is 5.91 Å². The van der Waals surface area contributed by atoms with E-state index >= 15 is 0 Å². The molecular weight excluding hydrogens is 286 g/mol. The number of nitrogens with one attached hydrogen (secondary N) is 1. The van der Waals surface area contributed by atoms with Gasteiger partial charge in [0.2, 0.25) is 0 Å². The lowest BCUT2D eigenvalue weighted by molar-refractivity contribution is 0.101. The van der Waals surface area contributed by atoms with E-state index in [9.17, 15) is 4.79 Å². The van der Waals surface area contributed by atoms with Gasteiger partial charge in [0.05, 0.1) is 11.6 Å². The Kier molecular flexibility index (Phi) is 3.86. The molecule has 0 saturated heterocycles. The summed E-state index contributed by atoms with van der Waals surface area (Å²) in [5.74, 6) is -0.157. The van der Waals surface area contributed by atoms with Crippen LogP contribution in [0.25, 0.3) is 10.9 Å². The number of benzene rings is 2. The molecule has 0 saturated carbocycles. The first-order valence-electron chi connectivity index (χ1n) is 7.55. The molecule has 3 rings (SSSR count). The lowest BCUT2D eigenvalue weighted by Crippen LogP contribution is -2.17. The van der Waals surface area contributed by atoms with E-state index in [1.165, 1.54) is 0 Å². The highest BCUT2D eigenvalue weighted by Gasteiger charge is 2.19. The zero-order valence-electron chi connectivity index (χ0n) is 13.1. The number of aromatic nitrogens is 1. The number of nitrogens with zero attached hydrogens (tertiary/aromatic N) is 2. The molecule has 0 atom stereocenters. The van der Waals surface area contributed by atoms with Crippen molar-refractivity contribution in [3.05, 3.63) is 65.4 Å². The fourth-order valence-corrected chi connectivity index (χ4v) is 2.95.